The van der Waals surface area contributed by atoms with Crippen molar-refractivity contribution in [3.63, 3.8) is 0 Å². The zero-order valence-electron chi connectivity index (χ0n) is 38.4. The Morgan fingerprint density at radius 2 is 0.984 bits per heavy atom. The summed E-state index contributed by atoms with van der Waals surface area (Å²) in [4.78, 5) is 0. The van der Waals surface area contributed by atoms with E-state index in [-0.39, 0.29) is 23.0 Å². The van der Waals surface area contributed by atoms with Crippen LogP contribution in [0, 0.1) is 0 Å². The smallest absolute Gasteiger partial charge is 0.256 e. The fraction of sp³-hybridized carbons (Fsp3) is 0.213. The molecule has 0 amide bonds. The first-order chi connectivity index (χ1) is 30.6. The summed E-state index contributed by atoms with van der Waals surface area (Å²) in [6.45, 7) is 21.0. The summed E-state index contributed by atoms with van der Waals surface area (Å²) in [5, 5.41) is 2.64. The SMILES string of the molecule is CC(C)(C)c1ccc2c(c1)B1c3c(cc(-c4cccc5c4C4(c6ccccc6-c6ccccc64)c4ccccc4-5)cc3-n3c4ccc(C(C)(C)C)cc4c4cc(C(C)(C)C)cc1c43)O2. The van der Waals surface area contributed by atoms with Crippen molar-refractivity contribution in [1.29, 1.82) is 0 Å². The van der Waals surface area contributed by atoms with Crippen molar-refractivity contribution in [2.45, 2.75) is 84.0 Å². The highest BCUT2D eigenvalue weighted by Crippen LogP contribution is 2.64. The molecule has 9 aromatic rings. The first-order valence-electron chi connectivity index (χ1n) is 23.2. The van der Waals surface area contributed by atoms with Crippen molar-refractivity contribution in [1.82, 2.24) is 4.57 Å². The number of aromatic nitrogens is 1. The van der Waals surface area contributed by atoms with Gasteiger partial charge in [-0.25, -0.2) is 0 Å². The Labute approximate surface area is 377 Å². The van der Waals surface area contributed by atoms with E-state index >= 15 is 0 Å². The average molecular weight is 826 g/mol. The summed E-state index contributed by atoms with van der Waals surface area (Å²) < 4.78 is 9.92. The molecule has 13 rings (SSSR count). The van der Waals surface area contributed by atoms with Gasteiger partial charge in [0.25, 0.3) is 6.71 Å². The molecule has 2 nitrogen and oxygen atoms in total. The van der Waals surface area contributed by atoms with E-state index in [1.165, 1.54) is 116 Å². The van der Waals surface area contributed by atoms with E-state index < -0.39 is 5.41 Å². The fourth-order valence-electron chi connectivity index (χ4n) is 12.2. The molecule has 310 valence electrons. The lowest BCUT2D eigenvalue weighted by Gasteiger charge is -2.36. The predicted octanol–water partition coefficient (Wildman–Crippen LogP) is 13.6. The molecule has 0 unspecified atom stereocenters. The zero-order chi connectivity index (χ0) is 43.8. The average Bonchev–Trinajstić information content (AvgIpc) is 3.88. The Bertz CT molecular complexity index is 3480. The maximum absolute atomic E-state index is 7.31. The van der Waals surface area contributed by atoms with Crippen LogP contribution >= 0.6 is 0 Å². The maximum atomic E-state index is 7.31. The van der Waals surface area contributed by atoms with Gasteiger partial charge >= 0.3 is 0 Å². The molecular formula is C61H52BNO. The first kappa shape index (κ1) is 37.9. The van der Waals surface area contributed by atoms with Crippen LogP contribution in [0.15, 0.2) is 152 Å². The third-order valence-corrected chi connectivity index (χ3v) is 15.3. The highest BCUT2D eigenvalue weighted by atomic mass is 16.5. The highest BCUT2D eigenvalue weighted by Gasteiger charge is 2.53. The number of nitrogens with zero attached hydrogens (tertiary/aromatic N) is 1. The third kappa shape index (κ3) is 4.83. The van der Waals surface area contributed by atoms with Gasteiger partial charge in [0.05, 0.1) is 10.9 Å². The minimum Gasteiger partial charge on any atom is -0.458 e. The second-order valence-corrected chi connectivity index (χ2v) is 22.1. The van der Waals surface area contributed by atoms with Gasteiger partial charge in [0, 0.05) is 22.0 Å². The second-order valence-electron chi connectivity index (χ2n) is 22.1. The van der Waals surface area contributed by atoms with E-state index in [0.29, 0.717) is 0 Å². The van der Waals surface area contributed by atoms with Crippen molar-refractivity contribution in [3.05, 3.63) is 191 Å². The van der Waals surface area contributed by atoms with Crippen LogP contribution in [0.3, 0.4) is 0 Å². The molecule has 2 aliphatic heterocycles. The lowest BCUT2D eigenvalue weighted by Crippen LogP contribution is -2.58. The fourth-order valence-corrected chi connectivity index (χ4v) is 12.2. The molecule has 0 atom stereocenters. The first-order valence-corrected chi connectivity index (χ1v) is 23.2. The quantitative estimate of drug-likeness (QED) is 0.150. The standard InChI is InChI=1S/C61H52BNO/c1-58(2,3)36-25-27-51-44(31-36)45-32-38(60(7,8)9)34-50-57(45)63(51)52-29-35(30-54-56(52)62(50)49-33-37(59(4,5)6)26-28-53(49)64-54)39-20-16-21-43-42-19-12-15-24-48(42)61(55(39)43)46-22-13-10-17-40(46)41-18-11-14-23-47(41)61/h10-34H,1-9H3. The largest absolute Gasteiger partial charge is 0.458 e. The Kier molecular flexibility index (Phi) is 7.33. The van der Waals surface area contributed by atoms with Crippen molar-refractivity contribution in [2.24, 2.45) is 0 Å². The van der Waals surface area contributed by atoms with Gasteiger partial charge in [-0.2, -0.15) is 0 Å². The number of ether oxygens (including phenoxy) is 1. The van der Waals surface area contributed by atoms with Gasteiger partial charge in [-0.3, -0.25) is 0 Å². The summed E-state index contributed by atoms with van der Waals surface area (Å²) in [7, 11) is 0. The zero-order valence-corrected chi connectivity index (χ0v) is 38.4. The molecule has 4 aliphatic rings. The number of hydrogen-bond donors (Lipinski definition) is 0. The Balaban J connectivity index is 1.17. The van der Waals surface area contributed by atoms with Gasteiger partial charge in [-0.05, 0) is 141 Å². The minimum atomic E-state index is -0.477. The van der Waals surface area contributed by atoms with Crippen LogP contribution in [0.25, 0.3) is 60.9 Å². The molecule has 3 heterocycles. The molecule has 0 saturated heterocycles. The summed E-state index contributed by atoms with van der Waals surface area (Å²) in [6.07, 6.45) is 0. The van der Waals surface area contributed by atoms with Crippen molar-refractivity contribution < 1.29 is 4.74 Å². The summed E-state index contributed by atoms with van der Waals surface area (Å²) in [5.41, 5.74) is 24.2. The number of rotatable bonds is 1. The summed E-state index contributed by atoms with van der Waals surface area (Å²) in [5.74, 6) is 1.89. The molecule has 64 heavy (non-hydrogen) atoms. The molecule has 3 heteroatoms. The molecule has 0 saturated carbocycles. The van der Waals surface area contributed by atoms with E-state index in [4.69, 9.17) is 4.74 Å². The van der Waals surface area contributed by atoms with Gasteiger partial charge in [0.2, 0.25) is 0 Å². The van der Waals surface area contributed by atoms with Gasteiger partial charge in [0.15, 0.2) is 0 Å². The van der Waals surface area contributed by atoms with Crippen LogP contribution in [-0.4, -0.2) is 11.3 Å². The van der Waals surface area contributed by atoms with Crippen LogP contribution in [0.5, 0.6) is 11.5 Å². The number of fused-ring (bicyclic) bond motifs is 17. The summed E-state index contributed by atoms with van der Waals surface area (Å²) >= 11 is 0. The predicted molar refractivity (Wildman–Crippen MR) is 270 cm³/mol. The third-order valence-electron chi connectivity index (χ3n) is 15.3. The molecular weight excluding hydrogens is 773 g/mol. The Hall–Kier alpha value is -6.58. The van der Waals surface area contributed by atoms with Crippen LogP contribution in [-0.2, 0) is 21.7 Å². The lowest BCUT2D eigenvalue weighted by atomic mass is 9.34. The van der Waals surface area contributed by atoms with Gasteiger partial charge < -0.3 is 9.30 Å². The molecule has 0 N–H and O–H groups in total. The molecule has 2 aliphatic carbocycles. The molecule has 0 fully saturated rings. The van der Waals surface area contributed by atoms with E-state index in [1.54, 1.807) is 0 Å². The minimum absolute atomic E-state index is 0.000491. The van der Waals surface area contributed by atoms with Crippen molar-refractivity contribution in [2.75, 3.05) is 0 Å². The highest BCUT2D eigenvalue weighted by molar-refractivity contribution is 6.99. The lowest BCUT2D eigenvalue weighted by molar-refractivity contribution is 0.486. The Morgan fingerprint density at radius 3 is 1.62 bits per heavy atom. The number of hydrogen-bond acceptors (Lipinski definition) is 1. The molecule has 8 aromatic carbocycles. The van der Waals surface area contributed by atoms with Crippen LogP contribution in [0.2, 0.25) is 0 Å². The van der Waals surface area contributed by atoms with Crippen molar-refractivity contribution >= 4 is 44.9 Å². The van der Waals surface area contributed by atoms with Crippen LogP contribution in [0.1, 0.15) is 101 Å². The maximum Gasteiger partial charge on any atom is 0.256 e. The second kappa shape index (κ2) is 12.4. The topological polar surface area (TPSA) is 14.2 Å². The molecule has 0 radical (unpaired) electrons. The Morgan fingerprint density at radius 1 is 0.453 bits per heavy atom. The van der Waals surface area contributed by atoms with Crippen molar-refractivity contribution in [3.8, 4) is 50.6 Å². The van der Waals surface area contributed by atoms with E-state index in [1.807, 2.05) is 0 Å². The van der Waals surface area contributed by atoms with Gasteiger partial charge in [-0.15, -0.1) is 0 Å². The number of benzene rings is 8. The molecule has 1 spiro atoms. The van der Waals surface area contributed by atoms with Crippen LogP contribution < -0.4 is 21.1 Å². The van der Waals surface area contributed by atoms with E-state index in [9.17, 15) is 0 Å². The van der Waals surface area contributed by atoms with Gasteiger partial charge in [-0.1, -0.05) is 178 Å². The van der Waals surface area contributed by atoms with Crippen LogP contribution in [0.4, 0.5) is 0 Å². The summed E-state index contributed by atoms with van der Waals surface area (Å²) in [6, 6.07) is 58.5. The monoisotopic (exact) mass is 825 g/mol. The normalized spacial score (nSPS) is 14.9. The van der Waals surface area contributed by atoms with Gasteiger partial charge in [0.1, 0.15) is 11.5 Å². The van der Waals surface area contributed by atoms with E-state index in [2.05, 4.69) is 219 Å². The van der Waals surface area contributed by atoms with E-state index in [0.717, 1.165) is 11.5 Å². The molecule has 0 bridgehead atoms. The molecule has 1 aromatic heterocycles.